The molecule has 0 aromatic heterocycles. The normalized spacial score (nSPS) is 9.06. The summed E-state index contributed by atoms with van der Waals surface area (Å²) in [6.07, 6.45) is 1.05. The Balaban J connectivity index is 0. The number of nitriles is 1. The molecule has 0 fully saturated rings. The Labute approximate surface area is 107 Å². The highest BCUT2D eigenvalue weighted by Crippen LogP contribution is 2.22. The molecule has 0 spiro atoms. The summed E-state index contributed by atoms with van der Waals surface area (Å²) in [6.45, 7) is 14.0. The first kappa shape index (κ1) is 18.1. The van der Waals surface area contributed by atoms with Gasteiger partial charge in [-0.05, 0) is 31.4 Å². The Bertz CT molecular complexity index is 314. The predicted molar refractivity (Wildman–Crippen MR) is 77.2 cm³/mol. The molecule has 0 heterocycles. The van der Waals surface area contributed by atoms with Crippen molar-refractivity contribution in [1.82, 2.24) is 0 Å². The van der Waals surface area contributed by atoms with Gasteiger partial charge >= 0.3 is 0 Å². The molecule has 1 rings (SSSR count). The molecule has 0 amide bonds. The van der Waals surface area contributed by atoms with E-state index >= 15 is 0 Å². The molecule has 17 heavy (non-hydrogen) atoms. The number of rotatable bonds is 2. The van der Waals surface area contributed by atoms with E-state index in [4.69, 9.17) is 5.26 Å². The lowest BCUT2D eigenvalue weighted by molar-refractivity contribution is 0.686. The fraction of sp³-hybridized carbons (Fsp3) is 0.562. The van der Waals surface area contributed by atoms with Crippen molar-refractivity contribution in [3.05, 3.63) is 35.4 Å². The maximum atomic E-state index is 8.92. The molecular weight excluding hydrogens is 206 g/mol. The molecule has 0 unspecified atom stereocenters. The van der Waals surface area contributed by atoms with Crippen molar-refractivity contribution in [2.45, 2.75) is 60.3 Å². The highest BCUT2D eigenvalue weighted by molar-refractivity contribution is 5.32. The molecule has 1 aromatic rings. The molecule has 1 nitrogen and oxygen atoms in total. The van der Waals surface area contributed by atoms with Gasteiger partial charge in [-0.15, -0.1) is 0 Å². The van der Waals surface area contributed by atoms with Crippen molar-refractivity contribution in [2.75, 3.05) is 0 Å². The van der Waals surface area contributed by atoms with Crippen molar-refractivity contribution >= 4 is 0 Å². The Hall–Kier alpha value is -1.29. The van der Waals surface area contributed by atoms with E-state index in [9.17, 15) is 0 Å². The number of hydrogen-bond donors (Lipinski definition) is 0. The van der Waals surface area contributed by atoms with Gasteiger partial charge in [0.1, 0.15) is 0 Å². The lowest BCUT2D eigenvalue weighted by Gasteiger charge is -2.15. The van der Waals surface area contributed by atoms with Crippen LogP contribution in [0.15, 0.2) is 24.3 Å². The third kappa shape index (κ3) is 6.12. The average Bonchev–Trinajstić information content (AvgIpc) is 2.43. The quantitative estimate of drug-likeness (QED) is 0.697. The van der Waals surface area contributed by atoms with Gasteiger partial charge in [0, 0.05) is 0 Å². The number of aryl methyl sites for hydroxylation is 1. The van der Waals surface area contributed by atoms with Crippen molar-refractivity contribution in [3.63, 3.8) is 0 Å². The van der Waals surface area contributed by atoms with E-state index in [-0.39, 0.29) is 5.41 Å². The number of benzene rings is 1. The molecule has 0 N–H and O–H groups in total. The van der Waals surface area contributed by atoms with Crippen LogP contribution in [-0.2, 0) is 11.8 Å². The van der Waals surface area contributed by atoms with Crippen LogP contribution >= 0.6 is 0 Å². The fourth-order valence-electron chi connectivity index (χ4n) is 1.22. The predicted octanol–water partition coefficient (Wildman–Crippen LogP) is 5.10. The number of nitrogens with zero attached hydrogens (tertiary/aromatic N) is 1. The zero-order valence-electron chi connectivity index (χ0n) is 12.5. The van der Waals surface area contributed by atoms with Gasteiger partial charge in [0.2, 0.25) is 0 Å². The van der Waals surface area contributed by atoms with E-state index in [1.165, 1.54) is 5.56 Å². The van der Waals surface area contributed by atoms with Crippen LogP contribution in [0.3, 0.4) is 0 Å². The van der Waals surface area contributed by atoms with Gasteiger partial charge in [-0.3, -0.25) is 0 Å². The summed E-state index contributed by atoms with van der Waals surface area (Å²) in [5.74, 6) is 0. The number of hydrogen-bond acceptors (Lipinski definition) is 1. The monoisotopic (exact) mass is 233 g/mol. The maximum Gasteiger partial charge on any atom is 0.0766 e. The first-order valence-corrected chi connectivity index (χ1v) is 6.61. The smallest absolute Gasteiger partial charge is 0.0766 e. The minimum absolute atomic E-state index is 0.369. The highest BCUT2D eigenvalue weighted by Gasteiger charge is 2.18. The Morgan fingerprint density at radius 2 is 1.41 bits per heavy atom. The van der Waals surface area contributed by atoms with Gasteiger partial charge in [0.05, 0.1) is 11.5 Å². The van der Waals surface area contributed by atoms with Gasteiger partial charge in [0.15, 0.2) is 0 Å². The highest BCUT2D eigenvalue weighted by atomic mass is 14.3. The maximum absolute atomic E-state index is 8.92. The molecule has 0 saturated carbocycles. The van der Waals surface area contributed by atoms with Gasteiger partial charge in [-0.25, -0.2) is 0 Å². The van der Waals surface area contributed by atoms with E-state index in [1.54, 1.807) is 0 Å². The second kappa shape index (κ2) is 9.90. The largest absolute Gasteiger partial charge is 0.197 e. The van der Waals surface area contributed by atoms with Crippen molar-refractivity contribution in [3.8, 4) is 6.07 Å². The fourth-order valence-corrected chi connectivity index (χ4v) is 1.22. The molecular formula is C16H27N. The van der Waals surface area contributed by atoms with Crippen LogP contribution < -0.4 is 0 Å². The van der Waals surface area contributed by atoms with Crippen molar-refractivity contribution in [1.29, 1.82) is 5.26 Å². The molecule has 0 saturated heterocycles. The summed E-state index contributed by atoms with van der Waals surface area (Å²) in [7, 11) is 0. The second-order valence-corrected chi connectivity index (χ2v) is 3.79. The Kier molecular flexibility index (Phi) is 10.5. The Morgan fingerprint density at radius 3 is 1.71 bits per heavy atom. The van der Waals surface area contributed by atoms with Crippen molar-refractivity contribution in [2.24, 2.45) is 0 Å². The molecule has 0 aliphatic heterocycles. The summed E-state index contributed by atoms with van der Waals surface area (Å²) in [6, 6.07) is 10.6. The topological polar surface area (TPSA) is 23.8 Å². The zero-order chi connectivity index (χ0) is 13.9. The van der Waals surface area contributed by atoms with E-state index in [0.717, 1.165) is 12.0 Å². The van der Waals surface area contributed by atoms with Crippen LogP contribution in [0.25, 0.3) is 0 Å². The average molecular weight is 233 g/mol. The summed E-state index contributed by atoms with van der Waals surface area (Å²) in [4.78, 5) is 0. The van der Waals surface area contributed by atoms with E-state index in [2.05, 4.69) is 25.1 Å². The lowest BCUT2D eigenvalue weighted by Crippen LogP contribution is -2.13. The van der Waals surface area contributed by atoms with Gasteiger partial charge in [-0.2, -0.15) is 5.26 Å². The van der Waals surface area contributed by atoms with Gasteiger partial charge < -0.3 is 0 Å². The molecule has 1 aromatic carbocycles. The van der Waals surface area contributed by atoms with E-state index in [1.807, 2.05) is 53.7 Å². The second-order valence-electron chi connectivity index (χ2n) is 3.79. The van der Waals surface area contributed by atoms with Crippen LogP contribution in [0.5, 0.6) is 0 Å². The van der Waals surface area contributed by atoms with Crippen LogP contribution in [0.4, 0.5) is 0 Å². The standard InChI is InChI=1S/C12H15N.2C2H6/c1-4-10-5-7-11(8-6-10)12(2,3)9-13;2*1-2/h5-8H,4H2,1-3H3;2*1-2H3. The molecule has 0 bridgehead atoms. The summed E-state index contributed by atoms with van der Waals surface area (Å²) >= 11 is 0. The molecule has 1 heteroatoms. The third-order valence-electron chi connectivity index (χ3n) is 2.36. The Morgan fingerprint density at radius 1 is 1.00 bits per heavy atom. The summed E-state index contributed by atoms with van der Waals surface area (Å²) in [5.41, 5.74) is 2.04. The zero-order valence-corrected chi connectivity index (χ0v) is 12.5. The molecule has 0 radical (unpaired) electrons. The molecule has 96 valence electrons. The molecule has 0 aliphatic rings. The van der Waals surface area contributed by atoms with E-state index < -0.39 is 0 Å². The van der Waals surface area contributed by atoms with Crippen LogP contribution in [0.1, 0.15) is 59.6 Å². The molecule has 0 atom stereocenters. The summed E-state index contributed by atoms with van der Waals surface area (Å²) in [5, 5.41) is 8.92. The summed E-state index contributed by atoms with van der Waals surface area (Å²) < 4.78 is 0. The van der Waals surface area contributed by atoms with E-state index in [0.29, 0.717) is 0 Å². The van der Waals surface area contributed by atoms with Gasteiger partial charge in [0.25, 0.3) is 0 Å². The van der Waals surface area contributed by atoms with Crippen LogP contribution in [0, 0.1) is 11.3 Å². The van der Waals surface area contributed by atoms with Crippen LogP contribution in [0.2, 0.25) is 0 Å². The SMILES string of the molecule is CC.CC.CCc1ccc(C(C)(C)C#N)cc1. The first-order chi connectivity index (χ1) is 8.10. The minimum atomic E-state index is -0.369. The lowest BCUT2D eigenvalue weighted by atomic mass is 9.86. The van der Waals surface area contributed by atoms with Gasteiger partial charge in [-0.1, -0.05) is 58.9 Å². The third-order valence-corrected chi connectivity index (χ3v) is 2.36. The first-order valence-electron chi connectivity index (χ1n) is 6.61. The molecule has 0 aliphatic carbocycles. The minimum Gasteiger partial charge on any atom is -0.197 e. The van der Waals surface area contributed by atoms with Crippen molar-refractivity contribution < 1.29 is 0 Å². The van der Waals surface area contributed by atoms with Crippen LogP contribution in [-0.4, -0.2) is 0 Å².